The Kier molecular flexibility index (Phi) is 8.48. The molecule has 3 aromatic rings. The SMILES string of the molecule is CN(C)CCOc1ccc(C(=C(C#N)c2ccccc2)c2ccccc2)cc1.Cl. The zero-order chi connectivity index (χ0) is 19.8. The maximum absolute atomic E-state index is 9.96. The quantitative estimate of drug-likeness (QED) is 0.383. The Morgan fingerprint density at radius 3 is 1.83 bits per heavy atom. The van der Waals surface area contributed by atoms with E-state index in [1.54, 1.807) is 0 Å². The fraction of sp³-hybridized carbons (Fsp3) is 0.160. The number of hydrogen-bond donors (Lipinski definition) is 0. The molecule has 0 aliphatic rings. The summed E-state index contributed by atoms with van der Waals surface area (Å²) in [6.07, 6.45) is 0. The number of likely N-dealkylation sites (N-methyl/N-ethyl adjacent to an activating group) is 1. The van der Waals surface area contributed by atoms with Gasteiger partial charge in [-0.05, 0) is 42.9 Å². The molecule has 148 valence electrons. The second-order valence-corrected chi connectivity index (χ2v) is 6.77. The van der Waals surface area contributed by atoms with Crippen molar-refractivity contribution in [1.29, 1.82) is 5.26 Å². The molecule has 0 saturated heterocycles. The number of halogens is 1. The van der Waals surface area contributed by atoms with Crippen molar-refractivity contribution in [3.05, 3.63) is 102 Å². The van der Waals surface area contributed by atoms with Gasteiger partial charge in [-0.15, -0.1) is 12.4 Å². The van der Waals surface area contributed by atoms with Crippen LogP contribution >= 0.6 is 12.4 Å². The summed E-state index contributed by atoms with van der Waals surface area (Å²) in [5.41, 5.74) is 4.51. The van der Waals surface area contributed by atoms with E-state index in [-0.39, 0.29) is 12.4 Å². The fourth-order valence-electron chi connectivity index (χ4n) is 2.99. The Labute approximate surface area is 179 Å². The molecule has 0 radical (unpaired) electrons. The highest BCUT2D eigenvalue weighted by atomic mass is 35.5. The first-order valence-electron chi connectivity index (χ1n) is 9.32. The minimum Gasteiger partial charge on any atom is -0.492 e. The summed E-state index contributed by atoms with van der Waals surface area (Å²) in [6.45, 7) is 1.50. The van der Waals surface area contributed by atoms with Crippen LogP contribution < -0.4 is 4.74 Å². The van der Waals surface area contributed by atoms with E-state index in [4.69, 9.17) is 4.74 Å². The van der Waals surface area contributed by atoms with Crippen LogP contribution in [0.3, 0.4) is 0 Å². The lowest BCUT2D eigenvalue weighted by Gasteiger charge is -2.14. The minimum absolute atomic E-state index is 0. The Morgan fingerprint density at radius 1 is 0.793 bits per heavy atom. The van der Waals surface area contributed by atoms with Crippen molar-refractivity contribution in [1.82, 2.24) is 4.90 Å². The number of benzene rings is 3. The van der Waals surface area contributed by atoms with Crippen LogP contribution in [0.1, 0.15) is 16.7 Å². The molecule has 0 fully saturated rings. The molecule has 0 amide bonds. The van der Waals surface area contributed by atoms with Crippen LogP contribution in [0.2, 0.25) is 0 Å². The Morgan fingerprint density at radius 2 is 1.31 bits per heavy atom. The lowest BCUT2D eigenvalue weighted by atomic mass is 9.90. The van der Waals surface area contributed by atoms with Crippen LogP contribution in [0.25, 0.3) is 11.1 Å². The van der Waals surface area contributed by atoms with Gasteiger partial charge in [-0.1, -0.05) is 72.8 Å². The van der Waals surface area contributed by atoms with Gasteiger partial charge < -0.3 is 9.64 Å². The summed E-state index contributed by atoms with van der Waals surface area (Å²) in [5, 5.41) is 9.96. The van der Waals surface area contributed by atoms with Gasteiger partial charge in [0.25, 0.3) is 0 Å². The van der Waals surface area contributed by atoms with Crippen molar-refractivity contribution >= 4 is 23.6 Å². The molecule has 0 heterocycles. The van der Waals surface area contributed by atoms with E-state index in [1.807, 2.05) is 99.0 Å². The summed E-state index contributed by atoms with van der Waals surface area (Å²) < 4.78 is 5.81. The average Bonchev–Trinajstić information content (AvgIpc) is 2.73. The summed E-state index contributed by atoms with van der Waals surface area (Å²) >= 11 is 0. The molecule has 4 heteroatoms. The van der Waals surface area contributed by atoms with Gasteiger partial charge in [0.1, 0.15) is 18.4 Å². The van der Waals surface area contributed by atoms with Crippen molar-refractivity contribution in [2.75, 3.05) is 27.2 Å². The molecule has 0 aromatic heterocycles. The maximum Gasteiger partial charge on any atom is 0.119 e. The number of allylic oxidation sites excluding steroid dienone is 1. The van der Waals surface area contributed by atoms with E-state index < -0.39 is 0 Å². The predicted octanol–water partition coefficient (Wildman–Crippen LogP) is 5.53. The second kappa shape index (κ2) is 11.1. The largest absolute Gasteiger partial charge is 0.492 e. The maximum atomic E-state index is 9.96. The van der Waals surface area contributed by atoms with Gasteiger partial charge in [0.2, 0.25) is 0 Å². The molecule has 0 aliphatic heterocycles. The normalized spacial score (nSPS) is 11.2. The first-order valence-corrected chi connectivity index (χ1v) is 9.32. The number of nitriles is 1. The van der Waals surface area contributed by atoms with E-state index in [9.17, 15) is 5.26 Å². The van der Waals surface area contributed by atoms with Crippen LogP contribution in [0, 0.1) is 11.3 Å². The molecule has 29 heavy (non-hydrogen) atoms. The van der Waals surface area contributed by atoms with E-state index in [0.29, 0.717) is 12.2 Å². The van der Waals surface area contributed by atoms with Gasteiger partial charge in [-0.3, -0.25) is 0 Å². The molecule has 0 saturated carbocycles. The topological polar surface area (TPSA) is 36.3 Å². The molecular weight excluding hydrogens is 380 g/mol. The highest BCUT2D eigenvalue weighted by Gasteiger charge is 2.14. The Bertz CT molecular complexity index is 959. The molecule has 0 atom stereocenters. The van der Waals surface area contributed by atoms with Crippen molar-refractivity contribution < 1.29 is 4.74 Å². The lowest BCUT2D eigenvalue weighted by Crippen LogP contribution is -2.19. The zero-order valence-corrected chi connectivity index (χ0v) is 17.5. The smallest absolute Gasteiger partial charge is 0.119 e. The van der Waals surface area contributed by atoms with Crippen molar-refractivity contribution in [3.63, 3.8) is 0 Å². The van der Waals surface area contributed by atoms with Crippen LogP contribution in [0.15, 0.2) is 84.9 Å². The van der Waals surface area contributed by atoms with Crippen molar-refractivity contribution in [2.24, 2.45) is 0 Å². The summed E-state index contributed by atoms with van der Waals surface area (Å²) in [4.78, 5) is 2.09. The zero-order valence-electron chi connectivity index (χ0n) is 16.7. The molecule has 3 nitrogen and oxygen atoms in total. The third kappa shape index (κ3) is 5.96. The van der Waals surface area contributed by atoms with E-state index in [1.165, 1.54) is 0 Å². The van der Waals surface area contributed by atoms with Gasteiger partial charge in [-0.2, -0.15) is 5.26 Å². The molecule has 0 unspecified atom stereocenters. The molecular formula is C25H25ClN2O. The third-order valence-electron chi connectivity index (χ3n) is 4.44. The highest BCUT2D eigenvalue weighted by Crippen LogP contribution is 2.32. The first-order chi connectivity index (χ1) is 13.7. The fourth-order valence-corrected chi connectivity index (χ4v) is 2.99. The van der Waals surface area contributed by atoms with Crippen molar-refractivity contribution in [2.45, 2.75) is 0 Å². The Hall–Kier alpha value is -3.06. The van der Waals surface area contributed by atoms with Crippen molar-refractivity contribution in [3.8, 4) is 11.8 Å². The van der Waals surface area contributed by atoms with E-state index in [2.05, 4.69) is 11.0 Å². The van der Waals surface area contributed by atoms with Gasteiger partial charge in [0.15, 0.2) is 0 Å². The molecule has 0 N–H and O–H groups in total. The molecule has 0 bridgehead atoms. The summed E-state index contributed by atoms with van der Waals surface area (Å²) in [7, 11) is 4.05. The van der Waals surface area contributed by atoms with Gasteiger partial charge >= 0.3 is 0 Å². The molecule has 0 spiro atoms. The lowest BCUT2D eigenvalue weighted by molar-refractivity contribution is 0.261. The molecule has 3 aromatic carbocycles. The van der Waals surface area contributed by atoms with E-state index >= 15 is 0 Å². The summed E-state index contributed by atoms with van der Waals surface area (Å²) in [5.74, 6) is 0.830. The average molecular weight is 405 g/mol. The highest BCUT2D eigenvalue weighted by molar-refractivity contribution is 6.03. The standard InChI is InChI=1S/C25H24N2O.ClH/c1-27(2)17-18-28-23-15-13-22(14-16-23)25(21-11-7-4-8-12-21)24(19-26)20-9-5-3-6-10-20;/h3-16H,17-18H2,1-2H3;1H. The van der Waals surface area contributed by atoms with Gasteiger partial charge in [0, 0.05) is 12.1 Å². The Balaban J connectivity index is 0.00000300. The second-order valence-electron chi connectivity index (χ2n) is 6.77. The third-order valence-corrected chi connectivity index (χ3v) is 4.44. The van der Waals surface area contributed by atoms with E-state index in [0.717, 1.165) is 34.6 Å². The molecule has 0 aliphatic carbocycles. The number of nitrogens with zero attached hydrogens (tertiary/aromatic N) is 2. The number of ether oxygens (including phenoxy) is 1. The molecule has 3 rings (SSSR count). The van der Waals surface area contributed by atoms with Crippen LogP contribution in [0.5, 0.6) is 5.75 Å². The number of rotatable bonds is 7. The first kappa shape index (κ1) is 22.2. The minimum atomic E-state index is 0. The van der Waals surface area contributed by atoms with Crippen LogP contribution in [-0.2, 0) is 0 Å². The number of hydrogen-bond acceptors (Lipinski definition) is 3. The van der Waals surface area contributed by atoms with Crippen LogP contribution in [-0.4, -0.2) is 32.1 Å². The van der Waals surface area contributed by atoms with Gasteiger partial charge in [-0.25, -0.2) is 0 Å². The predicted molar refractivity (Wildman–Crippen MR) is 122 cm³/mol. The van der Waals surface area contributed by atoms with Gasteiger partial charge in [0.05, 0.1) is 5.57 Å². The summed E-state index contributed by atoms with van der Waals surface area (Å²) in [6, 6.07) is 30.3. The van der Waals surface area contributed by atoms with Crippen LogP contribution in [0.4, 0.5) is 0 Å². The monoisotopic (exact) mass is 404 g/mol.